The van der Waals surface area contributed by atoms with Crippen LogP contribution in [0.25, 0.3) is 0 Å². The van der Waals surface area contributed by atoms with E-state index in [1.807, 2.05) is 6.92 Å². The highest BCUT2D eigenvalue weighted by molar-refractivity contribution is 4.61. The standard InChI is InChI=1S/C22H46O2/c1-4-7-9-11-12-14-16-18-21(17-15-13-10-8-5-2)19-24-20-22(23)6-3/h21-23H,4-20H2,1-3H3. The van der Waals surface area contributed by atoms with Crippen molar-refractivity contribution in [2.45, 2.75) is 123 Å². The van der Waals surface area contributed by atoms with Crippen LogP contribution < -0.4 is 0 Å². The van der Waals surface area contributed by atoms with Crippen LogP contribution in [0.2, 0.25) is 0 Å². The van der Waals surface area contributed by atoms with Crippen molar-refractivity contribution in [3.05, 3.63) is 0 Å². The molecule has 0 heterocycles. The molecule has 2 nitrogen and oxygen atoms in total. The Morgan fingerprint density at radius 1 is 0.625 bits per heavy atom. The number of unbranched alkanes of at least 4 members (excludes halogenated alkanes) is 10. The molecule has 24 heavy (non-hydrogen) atoms. The first-order valence-electron chi connectivity index (χ1n) is 11.0. The highest BCUT2D eigenvalue weighted by Crippen LogP contribution is 2.20. The van der Waals surface area contributed by atoms with Crippen molar-refractivity contribution in [1.82, 2.24) is 0 Å². The first-order valence-corrected chi connectivity index (χ1v) is 11.0. The molecule has 0 aliphatic heterocycles. The average Bonchev–Trinajstić information content (AvgIpc) is 2.59. The van der Waals surface area contributed by atoms with Gasteiger partial charge in [-0.15, -0.1) is 0 Å². The fourth-order valence-corrected chi connectivity index (χ4v) is 3.23. The molecule has 0 spiro atoms. The van der Waals surface area contributed by atoms with E-state index in [1.165, 1.54) is 89.9 Å². The maximum atomic E-state index is 9.64. The Balaban J connectivity index is 3.80. The highest BCUT2D eigenvalue weighted by atomic mass is 16.5. The zero-order valence-corrected chi connectivity index (χ0v) is 17.0. The van der Waals surface area contributed by atoms with Crippen molar-refractivity contribution < 1.29 is 9.84 Å². The van der Waals surface area contributed by atoms with Crippen molar-refractivity contribution in [3.63, 3.8) is 0 Å². The van der Waals surface area contributed by atoms with Crippen LogP contribution in [0.3, 0.4) is 0 Å². The van der Waals surface area contributed by atoms with Crippen LogP contribution in [0.5, 0.6) is 0 Å². The van der Waals surface area contributed by atoms with E-state index in [-0.39, 0.29) is 6.10 Å². The van der Waals surface area contributed by atoms with Gasteiger partial charge >= 0.3 is 0 Å². The molecule has 0 aromatic rings. The molecule has 0 aliphatic rings. The van der Waals surface area contributed by atoms with Gasteiger partial charge in [-0.1, -0.05) is 97.8 Å². The van der Waals surface area contributed by atoms with Gasteiger partial charge in [0.15, 0.2) is 0 Å². The van der Waals surface area contributed by atoms with Gasteiger partial charge in [0.1, 0.15) is 0 Å². The van der Waals surface area contributed by atoms with E-state index < -0.39 is 0 Å². The van der Waals surface area contributed by atoms with Gasteiger partial charge in [-0.3, -0.25) is 0 Å². The molecule has 0 bridgehead atoms. The van der Waals surface area contributed by atoms with Gasteiger partial charge in [-0.25, -0.2) is 0 Å². The van der Waals surface area contributed by atoms with Crippen molar-refractivity contribution >= 4 is 0 Å². The van der Waals surface area contributed by atoms with Gasteiger partial charge in [-0.05, 0) is 25.2 Å². The summed E-state index contributed by atoms with van der Waals surface area (Å²) in [5, 5.41) is 9.64. The van der Waals surface area contributed by atoms with E-state index >= 15 is 0 Å². The van der Waals surface area contributed by atoms with E-state index in [0.717, 1.165) is 13.0 Å². The molecule has 1 N–H and O–H groups in total. The molecule has 2 heteroatoms. The maximum absolute atomic E-state index is 9.64. The summed E-state index contributed by atoms with van der Waals surface area (Å²) < 4.78 is 5.79. The molecule has 0 amide bonds. The lowest BCUT2D eigenvalue weighted by Gasteiger charge is -2.18. The molecule has 0 saturated carbocycles. The van der Waals surface area contributed by atoms with Gasteiger partial charge in [-0.2, -0.15) is 0 Å². The Morgan fingerprint density at radius 3 is 1.54 bits per heavy atom. The smallest absolute Gasteiger partial charge is 0.0771 e. The SMILES string of the molecule is CCCCCCCCCC(CCCCCCC)COCC(O)CC. The van der Waals surface area contributed by atoms with Crippen LogP contribution in [-0.4, -0.2) is 24.4 Å². The van der Waals surface area contributed by atoms with Crippen LogP contribution in [0.4, 0.5) is 0 Å². The van der Waals surface area contributed by atoms with Crippen LogP contribution in [0.15, 0.2) is 0 Å². The summed E-state index contributed by atoms with van der Waals surface area (Å²) >= 11 is 0. The minimum absolute atomic E-state index is 0.284. The van der Waals surface area contributed by atoms with E-state index in [9.17, 15) is 5.11 Å². The molecule has 0 radical (unpaired) electrons. The van der Waals surface area contributed by atoms with Crippen molar-refractivity contribution in [2.75, 3.05) is 13.2 Å². The van der Waals surface area contributed by atoms with Crippen LogP contribution in [-0.2, 0) is 4.74 Å². The van der Waals surface area contributed by atoms with Crippen LogP contribution >= 0.6 is 0 Å². The molecular weight excluding hydrogens is 296 g/mol. The number of hydrogen-bond donors (Lipinski definition) is 1. The Morgan fingerprint density at radius 2 is 1.08 bits per heavy atom. The molecule has 0 saturated heterocycles. The fraction of sp³-hybridized carbons (Fsp3) is 1.00. The van der Waals surface area contributed by atoms with Gasteiger partial charge in [0.25, 0.3) is 0 Å². The monoisotopic (exact) mass is 342 g/mol. The van der Waals surface area contributed by atoms with Crippen molar-refractivity contribution in [1.29, 1.82) is 0 Å². The predicted molar refractivity (Wildman–Crippen MR) is 107 cm³/mol. The molecule has 0 aromatic carbocycles. The van der Waals surface area contributed by atoms with Crippen LogP contribution in [0.1, 0.15) is 117 Å². The Labute approximate surface area is 152 Å². The summed E-state index contributed by atoms with van der Waals surface area (Å²) in [5.74, 6) is 0.700. The molecule has 146 valence electrons. The molecule has 2 unspecified atom stereocenters. The summed E-state index contributed by atoms with van der Waals surface area (Å²) in [5.41, 5.74) is 0. The number of hydrogen-bond acceptors (Lipinski definition) is 2. The highest BCUT2D eigenvalue weighted by Gasteiger charge is 2.10. The lowest BCUT2D eigenvalue weighted by atomic mass is 9.95. The molecular formula is C22H46O2. The lowest BCUT2D eigenvalue weighted by Crippen LogP contribution is -2.18. The first kappa shape index (κ1) is 23.9. The predicted octanol–water partition coefficient (Wildman–Crippen LogP) is 6.89. The van der Waals surface area contributed by atoms with E-state index in [0.29, 0.717) is 12.5 Å². The average molecular weight is 343 g/mol. The second kappa shape index (κ2) is 19.2. The Bertz CT molecular complexity index is 230. The minimum atomic E-state index is -0.284. The summed E-state index contributed by atoms with van der Waals surface area (Å²) in [7, 11) is 0. The van der Waals surface area contributed by atoms with E-state index in [4.69, 9.17) is 4.74 Å². The first-order chi connectivity index (χ1) is 11.7. The maximum Gasteiger partial charge on any atom is 0.0771 e. The lowest BCUT2D eigenvalue weighted by molar-refractivity contribution is 0.0164. The number of aliphatic hydroxyl groups excluding tert-OH is 1. The normalized spacial score (nSPS) is 14.0. The minimum Gasteiger partial charge on any atom is -0.391 e. The molecule has 0 rings (SSSR count). The third kappa shape index (κ3) is 16.8. The summed E-state index contributed by atoms with van der Waals surface area (Å²) in [6.07, 6.45) is 19.6. The summed E-state index contributed by atoms with van der Waals surface area (Å²) in [4.78, 5) is 0. The zero-order valence-electron chi connectivity index (χ0n) is 17.0. The second-order valence-corrected chi connectivity index (χ2v) is 7.58. The molecule has 2 atom stereocenters. The van der Waals surface area contributed by atoms with Crippen LogP contribution in [0, 0.1) is 5.92 Å². The third-order valence-electron chi connectivity index (χ3n) is 5.07. The summed E-state index contributed by atoms with van der Waals surface area (Å²) in [6, 6.07) is 0. The molecule has 0 fully saturated rings. The van der Waals surface area contributed by atoms with Gasteiger partial charge < -0.3 is 9.84 Å². The van der Waals surface area contributed by atoms with Crippen molar-refractivity contribution in [2.24, 2.45) is 5.92 Å². The van der Waals surface area contributed by atoms with E-state index in [1.54, 1.807) is 0 Å². The zero-order chi connectivity index (χ0) is 17.9. The Hall–Kier alpha value is -0.0800. The third-order valence-corrected chi connectivity index (χ3v) is 5.07. The molecule has 0 aliphatic carbocycles. The van der Waals surface area contributed by atoms with Crippen molar-refractivity contribution in [3.8, 4) is 0 Å². The van der Waals surface area contributed by atoms with Gasteiger partial charge in [0, 0.05) is 6.61 Å². The Kier molecular flexibility index (Phi) is 19.2. The fourth-order valence-electron chi connectivity index (χ4n) is 3.23. The number of ether oxygens (including phenoxy) is 1. The number of aliphatic hydroxyl groups is 1. The largest absolute Gasteiger partial charge is 0.391 e. The van der Waals surface area contributed by atoms with E-state index in [2.05, 4.69) is 13.8 Å². The quantitative estimate of drug-likeness (QED) is 0.259. The molecule has 0 aromatic heterocycles. The summed E-state index contributed by atoms with van der Waals surface area (Å²) in [6.45, 7) is 7.93. The second-order valence-electron chi connectivity index (χ2n) is 7.58. The number of rotatable bonds is 19. The van der Waals surface area contributed by atoms with Gasteiger partial charge in [0.2, 0.25) is 0 Å². The van der Waals surface area contributed by atoms with Gasteiger partial charge in [0.05, 0.1) is 12.7 Å². The topological polar surface area (TPSA) is 29.5 Å².